The maximum atomic E-state index is 12.4. The van der Waals surface area contributed by atoms with E-state index in [-0.39, 0.29) is 23.2 Å². The van der Waals surface area contributed by atoms with Gasteiger partial charge in [0.05, 0.1) is 6.04 Å². The number of amides is 1. The molecule has 0 aliphatic carbocycles. The van der Waals surface area contributed by atoms with Crippen molar-refractivity contribution in [3.8, 4) is 0 Å². The first kappa shape index (κ1) is 15.7. The van der Waals surface area contributed by atoms with Crippen molar-refractivity contribution in [3.63, 3.8) is 0 Å². The Hall–Kier alpha value is -3.21. The van der Waals surface area contributed by atoms with Crippen LogP contribution in [0.25, 0.3) is 0 Å². The number of benzene rings is 2. The maximum Gasteiger partial charge on any atom is 0.272 e. The van der Waals surface area contributed by atoms with Crippen LogP contribution in [0.3, 0.4) is 0 Å². The van der Waals surface area contributed by atoms with E-state index in [4.69, 9.17) is 0 Å². The molecule has 0 saturated carbocycles. The summed E-state index contributed by atoms with van der Waals surface area (Å²) < 4.78 is 0. The van der Waals surface area contributed by atoms with Crippen LogP contribution in [0.4, 0.5) is 0 Å². The number of hydrogen-bond acceptors (Lipinski definition) is 3. The summed E-state index contributed by atoms with van der Waals surface area (Å²) in [5, 5.41) is 9.05. The van der Waals surface area contributed by atoms with Crippen LogP contribution in [-0.2, 0) is 6.42 Å². The lowest BCUT2D eigenvalue weighted by Crippen LogP contribution is -2.31. The Morgan fingerprint density at radius 2 is 1.62 bits per heavy atom. The highest BCUT2D eigenvalue weighted by molar-refractivity contribution is 5.92. The van der Waals surface area contributed by atoms with Gasteiger partial charge in [-0.05, 0) is 23.6 Å². The predicted octanol–water partition coefficient (Wildman–Crippen LogP) is 2.48. The molecule has 0 saturated heterocycles. The van der Waals surface area contributed by atoms with Crippen molar-refractivity contribution in [3.05, 3.63) is 100.0 Å². The minimum Gasteiger partial charge on any atom is -0.344 e. The Balaban J connectivity index is 1.83. The molecule has 0 fully saturated rings. The molecular formula is C19H17N3O2. The first-order valence-corrected chi connectivity index (χ1v) is 7.68. The van der Waals surface area contributed by atoms with E-state index in [0.717, 1.165) is 11.1 Å². The molecule has 0 aliphatic rings. The van der Waals surface area contributed by atoms with Gasteiger partial charge in [-0.15, -0.1) is 0 Å². The van der Waals surface area contributed by atoms with Crippen LogP contribution in [0.5, 0.6) is 0 Å². The number of hydrogen-bond donors (Lipinski definition) is 2. The molecule has 120 valence electrons. The summed E-state index contributed by atoms with van der Waals surface area (Å²) in [5.41, 5.74) is 1.99. The largest absolute Gasteiger partial charge is 0.344 e. The van der Waals surface area contributed by atoms with Gasteiger partial charge in [0.25, 0.3) is 11.5 Å². The lowest BCUT2D eigenvalue weighted by atomic mass is 9.98. The van der Waals surface area contributed by atoms with E-state index in [1.165, 1.54) is 12.1 Å². The zero-order chi connectivity index (χ0) is 16.8. The second-order valence-corrected chi connectivity index (χ2v) is 5.43. The van der Waals surface area contributed by atoms with Crippen molar-refractivity contribution in [1.29, 1.82) is 0 Å². The van der Waals surface area contributed by atoms with E-state index in [1.807, 2.05) is 60.7 Å². The minimum atomic E-state index is -0.338. The van der Waals surface area contributed by atoms with Crippen LogP contribution in [0.2, 0.25) is 0 Å². The first-order valence-electron chi connectivity index (χ1n) is 7.68. The lowest BCUT2D eigenvalue weighted by Gasteiger charge is -2.19. The molecule has 24 heavy (non-hydrogen) atoms. The third-order valence-corrected chi connectivity index (χ3v) is 3.70. The van der Waals surface area contributed by atoms with E-state index in [1.54, 1.807) is 0 Å². The Labute approximate surface area is 139 Å². The number of carbonyl (C=O) groups excluding carboxylic acids is 1. The quantitative estimate of drug-likeness (QED) is 0.758. The van der Waals surface area contributed by atoms with Crippen LogP contribution in [0.1, 0.15) is 27.7 Å². The van der Waals surface area contributed by atoms with E-state index >= 15 is 0 Å². The average Bonchev–Trinajstić information content (AvgIpc) is 2.63. The van der Waals surface area contributed by atoms with Crippen LogP contribution in [0, 0.1) is 0 Å². The summed E-state index contributed by atoms with van der Waals surface area (Å²) >= 11 is 0. The molecule has 0 spiro atoms. The van der Waals surface area contributed by atoms with Gasteiger partial charge in [-0.25, -0.2) is 5.10 Å². The van der Waals surface area contributed by atoms with Gasteiger partial charge in [0.1, 0.15) is 5.69 Å². The van der Waals surface area contributed by atoms with Gasteiger partial charge >= 0.3 is 0 Å². The Kier molecular flexibility index (Phi) is 4.81. The Morgan fingerprint density at radius 3 is 2.25 bits per heavy atom. The topological polar surface area (TPSA) is 74.8 Å². The van der Waals surface area contributed by atoms with Gasteiger partial charge in [0.15, 0.2) is 0 Å². The minimum absolute atomic E-state index is 0.184. The molecule has 1 aromatic heterocycles. The highest BCUT2D eigenvalue weighted by Gasteiger charge is 2.17. The highest BCUT2D eigenvalue weighted by Crippen LogP contribution is 2.18. The van der Waals surface area contributed by atoms with Crippen molar-refractivity contribution < 1.29 is 4.79 Å². The molecule has 0 unspecified atom stereocenters. The molecule has 1 amide bonds. The molecule has 5 heteroatoms. The number of aromatic nitrogens is 2. The molecular weight excluding hydrogens is 302 g/mol. The molecule has 2 aromatic carbocycles. The monoisotopic (exact) mass is 319 g/mol. The SMILES string of the molecule is O=C(N[C@H](Cc1ccccc1)c1ccccc1)c1ccc(=O)[nH]n1. The van der Waals surface area contributed by atoms with E-state index in [2.05, 4.69) is 15.5 Å². The van der Waals surface area contributed by atoms with Crippen molar-refractivity contribution in [2.24, 2.45) is 0 Å². The number of carbonyl (C=O) groups is 1. The third-order valence-electron chi connectivity index (χ3n) is 3.70. The maximum absolute atomic E-state index is 12.4. The van der Waals surface area contributed by atoms with Gasteiger partial charge in [0, 0.05) is 6.07 Å². The summed E-state index contributed by atoms with van der Waals surface area (Å²) in [6.45, 7) is 0. The van der Waals surface area contributed by atoms with Gasteiger partial charge < -0.3 is 5.32 Å². The predicted molar refractivity (Wildman–Crippen MR) is 91.7 cm³/mol. The van der Waals surface area contributed by atoms with Crippen molar-refractivity contribution >= 4 is 5.91 Å². The Morgan fingerprint density at radius 1 is 0.958 bits per heavy atom. The fraction of sp³-hybridized carbons (Fsp3) is 0.105. The lowest BCUT2D eigenvalue weighted by molar-refractivity contribution is 0.0930. The second-order valence-electron chi connectivity index (χ2n) is 5.43. The van der Waals surface area contributed by atoms with Gasteiger partial charge in [-0.1, -0.05) is 60.7 Å². The summed E-state index contributed by atoms with van der Waals surface area (Å²) in [5.74, 6) is -0.323. The zero-order valence-corrected chi connectivity index (χ0v) is 13.0. The molecule has 1 atom stereocenters. The highest BCUT2D eigenvalue weighted by atomic mass is 16.2. The summed E-state index contributed by atoms with van der Waals surface area (Å²) in [6, 6.07) is 22.3. The number of nitrogens with one attached hydrogen (secondary N) is 2. The summed E-state index contributed by atoms with van der Waals surface area (Å²) in [6.07, 6.45) is 0.667. The van der Waals surface area contributed by atoms with Crippen molar-refractivity contribution in [2.75, 3.05) is 0 Å². The van der Waals surface area contributed by atoms with Gasteiger partial charge in [-0.2, -0.15) is 5.10 Å². The van der Waals surface area contributed by atoms with Crippen LogP contribution in [0.15, 0.2) is 77.6 Å². The molecule has 1 heterocycles. The van der Waals surface area contributed by atoms with Crippen LogP contribution >= 0.6 is 0 Å². The van der Waals surface area contributed by atoms with Gasteiger partial charge in [-0.3, -0.25) is 9.59 Å². The van der Waals surface area contributed by atoms with E-state index < -0.39 is 0 Å². The number of nitrogens with zero attached hydrogens (tertiary/aromatic N) is 1. The smallest absolute Gasteiger partial charge is 0.272 e. The summed E-state index contributed by atoms with van der Waals surface area (Å²) in [4.78, 5) is 23.5. The number of aromatic amines is 1. The second kappa shape index (κ2) is 7.37. The normalized spacial score (nSPS) is 11.7. The first-order chi connectivity index (χ1) is 11.7. The molecule has 5 nitrogen and oxygen atoms in total. The molecule has 0 bridgehead atoms. The van der Waals surface area contributed by atoms with Crippen molar-refractivity contribution in [2.45, 2.75) is 12.5 Å². The number of rotatable bonds is 5. The molecule has 3 rings (SSSR count). The van der Waals surface area contributed by atoms with Crippen LogP contribution in [-0.4, -0.2) is 16.1 Å². The Bertz CT molecular complexity index is 840. The molecule has 2 N–H and O–H groups in total. The van der Waals surface area contributed by atoms with E-state index in [9.17, 15) is 9.59 Å². The van der Waals surface area contributed by atoms with E-state index in [0.29, 0.717) is 6.42 Å². The third kappa shape index (κ3) is 3.95. The van der Waals surface area contributed by atoms with Gasteiger partial charge in [0.2, 0.25) is 0 Å². The molecule has 0 radical (unpaired) electrons. The standard InChI is InChI=1S/C19H17N3O2/c23-18-12-11-16(21-22-18)19(24)20-17(15-9-5-2-6-10-15)13-14-7-3-1-4-8-14/h1-12,17H,13H2,(H,20,24)(H,22,23)/t17-/m1/s1. The zero-order valence-electron chi connectivity index (χ0n) is 13.0. The fourth-order valence-electron chi connectivity index (χ4n) is 2.49. The van der Waals surface area contributed by atoms with Crippen molar-refractivity contribution in [1.82, 2.24) is 15.5 Å². The average molecular weight is 319 g/mol. The molecule has 0 aliphatic heterocycles. The number of H-pyrrole nitrogens is 1. The fourth-order valence-corrected chi connectivity index (χ4v) is 2.49. The van der Waals surface area contributed by atoms with Crippen LogP contribution < -0.4 is 10.9 Å². The summed E-state index contributed by atoms with van der Waals surface area (Å²) in [7, 11) is 0. The molecule has 3 aromatic rings.